The molecule has 0 bridgehead atoms. The highest BCUT2D eigenvalue weighted by molar-refractivity contribution is 7.91. The number of sulfone groups is 1. The average Bonchev–Trinajstić information content (AvgIpc) is 2.53. The highest BCUT2D eigenvalue weighted by atomic mass is 32.2. The van der Waals surface area contributed by atoms with Crippen LogP contribution in [-0.2, 0) is 24.1 Å². The van der Waals surface area contributed by atoms with Gasteiger partial charge in [0, 0.05) is 0 Å². The van der Waals surface area contributed by atoms with Gasteiger partial charge in [-0.1, -0.05) is 12.1 Å². The van der Waals surface area contributed by atoms with E-state index in [-0.39, 0.29) is 9.79 Å². The van der Waals surface area contributed by atoms with Crippen molar-refractivity contribution in [1.29, 1.82) is 0 Å². The molecule has 0 fully saturated rings. The second kappa shape index (κ2) is 6.92. The topological polar surface area (TPSA) is 86.7 Å². The maximum atomic E-state index is 12.6. The number of ether oxygens (including phenoxy) is 1. The summed E-state index contributed by atoms with van der Waals surface area (Å²) in [5, 5.41) is 0. The van der Waals surface area contributed by atoms with Gasteiger partial charge in [-0.2, -0.15) is 8.42 Å². The molecule has 0 N–H and O–H groups in total. The lowest BCUT2D eigenvalue weighted by atomic mass is 10.1. The molecule has 1 unspecified atom stereocenters. The Hall–Kier alpha value is -1.90. The fraction of sp³-hybridized carbons (Fsp3) is 0.250. The average molecular weight is 370 g/mol. The van der Waals surface area contributed by atoms with E-state index in [1.54, 1.807) is 19.1 Å². The molecule has 24 heavy (non-hydrogen) atoms. The molecule has 2 aromatic carbocycles. The number of hydrogen-bond donors (Lipinski definition) is 0. The molecule has 0 aliphatic rings. The fourth-order valence-electron chi connectivity index (χ4n) is 2.13. The van der Waals surface area contributed by atoms with Crippen LogP contribution in [0.25, 0.3) is 0 Å². The predicted octanol–water partition coefficient (Wildman–Crippen LogP) is 2.57. The Kier molecular flexibility index (Phi) is 5.32. The summed E-state index contributed by atoms with van der Waals surface area (Å²) in [4.78, 5) is 0.263. The van der Waals surface area contributed by atoms with Crippen LogP contribution in [0.2, 0.25) is 0 Å². The van der Waals surface area contributed by atoms with Gasteiger partial charge in [0.25, 0.3) is 10.1 Å². The molecule has 0 aliphatic heterocycles. The smallest absolute Gasteiger partial charge is 0.264 e. The summed E-state index contributed by atoms with van der Waals surface area (Å²) in [6.45, 7) is 1.58. The Bertz CT molecular complexity index is 898. The van der Waals surface area contributed by atoms with Crippen LogP contribution in [0.5, 0.6) is 5.75 Å². The number of benzene rings is 2. The first kappa shape index (κ1) is 18.4. The minimum absolute atomic E-state index is 0.114. The van der Waals surface area contributed by atoms with Gasteiger partial charge in [-0.05, 0) is 48.9 Å². The van der Waals surface area contributed by atoms with Crippen LogP contribution < -0.4 is 4.74 Å². The van der Waals surface area contributed by atoms with Crippen LogP contribution in [0.3, 0.4) is 0 Å². The van der Waals surface area contributed by atoms with Gasteiger partial charge in [0.15, 0.2) is 0 Å². The molecule has 0 aliphatic carbocycles. The van der Waals surface area contributed by atoms with Gasteiger partial charge < -0.3 is 4.74 Å². The summed E-state index contributed by atoms with van der Waals surface area (Å²) in [7, 11) is -5.74. The predicted molar refractivity (Wildman–Crippen MR) is 89.2 cm³/mol. The molecular formula is C16H18O6S2. The van der Waals surface area contributed by atoms with Crippen molar-refractivity contribution >= 4 is 20.0 Å². The zero-order valence-corrected chi connectivity index (χ0v) is 15.1. The van der Waals surface area contributed by atoms with Gasteiger partial charge in [-0.25, -0.2) is 8.42 Å². The first-order valence-electron chi connectivity index (χ1n) is 7.01. The van der Waals surface area contributed by atoms with Gasteiger partial charge in [0.05, 0.1) is 29.3 Å². The van der Waals surface area contributed by atoms with Gasteiger partial charge in [0.2, 0.25) is 9.84 Å². The van der Waals surface area contributed by atoms with Crippen molar-refractivity contribution in [1.82, 2.24) is 0 Å². The zero-order chi connectivity index (χ0) is 18.0. The van der Waals surface area contributed by atoms with Crippen LogP contribution in [0.1, 0.15) is 18.6 Å². The van der Waals surface area contributed by atoms with E-state index >= 15 is 0 Å². The maximum Gasteiger partial charge on any atom is 0.264 e. The summed E-state index contributed by atoms with van der Waals surface area (Å²) in [6, 6.07) is 12.0. The molecular weight excluding hydrogens is 352 g/mol. The molecule has 0 saturated heterocycles. The van der Waals surface area contributed by atoms with Crippen molar-refractivity contribution in [3.63, 3.8) is 0 Å². The molecule has 2 rings (SSSR count). The second-order valence-corrected chi connectivity index (χ2v) is 8.74. The molecule has 6 nitrogen and oxygen atoms in total. The Labute approximate surface area is 142 Å². The highest BCUT2D eigenvalue weighted by Gasteiger charge is 2.19. The lowest BCUT2D eigenvalue weighted by Gasteiger charge is -2.12. The summed E-state index contributed by atoms with van der Waals surface area (Å²) < 4.78 is 57.3. The Morgan fingerprint density at radius 2 is 1.29 bits per heavy atom. The van der Waals surface area contributed by atoms with Crippen LogP contribution >= 0.6 is 0 Å². The van der Waals surface area contributed by atoms with Crippen molar-refractivity contribution < 1.29 is 25.8 Å². The van der Waals surface area contributed by atoms with E-state index in [1.165, 1.54) is 43.5 Å². The number of rotatable bonds is 6. The van der Waals surface area contributed by atoms with Gasteiger partial charge in [-0.3, -0.25) is 4.18 Å². The monoisotopic (exact) mass is 370 g/mol. The van der Waals surface area contributed by atoms with E-state index in [0.29, 0.717) is 11.3 Å². The highest BCUT2D eigenvalue weighted by Crippen LogP contribution is 2.25. The normalized spacial score (nSPS) is 13.5. The van der Waals surface area contributed by atoms with E-state index in [9.17, 15) is 16.8 Å². The maximum absolute atomic E-state index is 12.6. The lowest BCUT2D eigenvalue weighted by Crippen LogP contribution is -2.08. The molecule has 1 atom stereocenters. The van der Waals surface area contributed by atoms with E-state index in [4.69, 9.17) is 8.92 Å². The molecule has 0 heterocycles. The molecule has 0 radical (unpaired) electrons. The second-order valence-electron chi connectivity index (χ2n) is 5.19. The van der Waals surface area contributed by atoms with E-state index in [0.717, 1.165) is 6.26 Å². The van der Waals surface area contributed by atoms with Gasteiger partial charge >= 0.3 is 0 Å². The first-order chi connectivity index (χ1) is 11.1. The quantitative estimate of drug-likeness (QED) is 0.727. The van der Waals surface area contributed by atoms with Crippen LogP contribution in [0.4, 0.5) is 0 Å². The van der Waals surface area contributed by atoms with Crippen molar-refractivity contribution in [2.24, 2.45) is 0 Å². The molecule has 2 aromatic rings. The van der Waals surface area contributed by atoms with Crippen molar-refractivity contribution in [2.45, 2.75) is 22.8 Å². The van der Waals surface area contributed by atoms with Crippen LogP contribution in [-0.4, -0.2) is 30.2 Å². The summed E-state index contributed by atoms with van der Waals surface area (Å²) in [5.41, 5.74) is 0.564. The third kappa shape index (κ3) is 4.34. The molecule has 130 valence electrons. The lowest BCUT2D eigenvalue weighted by molar-refractivity contribution is 0.236. The minimum Gasteiger partial charge on any atom is -0.497 e. The number of methoxy groups -OCH3 is 1. The summed E-state index contributed by atoms with van der Waals surface area (Å²) in [6.07, 6.45) is 0.268. The minimum atomic E-state index is -3.66. The molecule has 8 heteroatoms. The van der Waals surface area contributed by atoms with Gasteiger partial charge in [-0.15, -0.1) is 0 Å². The zero-order valence-electron chi connectivity index (χ0n) is 13.5. The Balaban J connectivity index is 2.28. The molecule has 0 amide bonds. The van der Waals surface area contributed by atoms with Crippen molar-refractivity contribution in [3.8, 4) is 5.75 Å². The summed E-state index contributed by atoms with van der Waals surface area (Å²) in [5.74, 6) is 0.566. The fourth-order valence-corrected chi connectivity index (χ4v) is 4.02. The Morgan fingerprint density at radius 1 is 0.833 bits per heavy atom. The third-order valence-electron chi connectivity index (χ3n) is 3.35. The summed E-state index contributed by atoms with van der Waals surface area (Å²) >= 11 is 0. The molecule has 0 spiro atoms. The largest absolute Gasteiger partial charge is 0.497 e. The Morgan fingerprint density at radius 3 is 1.71 bits per heavy atom. The van der Waals surface area contributed by atoms with E-state index in [2.05, 4.69) is 0 Å². The van der Waals surface area contributed by atoms with Crippen LogP contribution in [0.15, 0.2) is 58.3 Å². The van der Waals surface area contributed by atoms with E-state index in [1.807, 2.05) is 0 Å². The van der Waals surface area contributed by atoms with E-state index < -0.39 is 26.1 Å². The van der Waals surface area contributed by atoms with Crippen LogP contribution in [0, 0.1) is 0 Å². The standard InChI is InChI=1S/C16H18O6S2/c1-12(22-23(3,17)18)13-4-8-15(9-5-13)24(19,20)16-10-6-14(21-2)7-11-16/h4-12H,1-3H3. The SMILES string of the molecule is COc1ccc(S(=O)(=O)c2ccc(C(C)OS(C)(=O)=O)cc2)cc1. The van der Waals surface area contributed by atoms with Gasteiger partial charge in [0.1, 0.15) is 5.75 Å². The molecule has 0 saturated carbocycles. The first-order valence-corrected chi connectivity index (χ1v) is 10.3. The van der Waals surface area contributed by atoms with Crippen molar-refractivity contribution in [2.75, 3.05) is 13.4 Å². The molecule has 0 aromatic heterocycles. The number of hydrogen-bond acceptors (Lipinski definition) is 6. The third-order valence-corrected chi connectivity index (χ3v) is 5.77. The van der Waals surface area contributed by atoms with Crippen molar-refractivity contribution in [3.05, 3.63) is 54.1 Å².